The van der Waals surface area contributed by atoms with Crippen LogP contribution in [0, 0.1) is 6.92 Å². The molecule has 2 heterocycles. The van der Waals surface area contributed by atoms with Gasteiger partial charge in [0.15, 0.2) is 5.69 Å². The van der Waals surface area contributed by atoms with Crippen molar-refractivity contribution in [2.75, 3.05) is 13.7 Å². The minimum absolute atomic E-state index is 0. The van der Waals surface area contributed by atoms with E-state index in [1.165, 1.54) is 7.11 Å². The van der Waals surface area contributed by atoms with Gasteiger partial charge in [0, 0.05) is 0 Å². The summed E-state index contributed by atoms with van der Waals surface area (Å²) < 4.78 is 10.1. The summed E-state index contributed by atoms with van der Waals surface area (Å²) in [5.41, 5.74) is 0.279. The zero-order valence-electron chi connectivity index (χ0n) is 9.28. The Balaban J connectivity index is 0.00000128. The Morgan fingerprint density at radius 2 is 2.38 bits per heavy atom. The number of oxazole rings is 1. The summed E-state index contributed by atoms with van der Waals surface area (Å²) in [6.07, 6.45) is 2.11. The quantitative estimate of drug-likeness (QED) is 0.804. The van der Waals surface area contributed by atoms with Crippen LogP contribution < -0.4 is 5.32 Å². The van der Waals surface area contributed by atoms with E-state index >= 15 is 0 Å². The molecular formula is C10H15ClN2O3. The number of esters is 1. The molecule has 1 saturated heterocycles. The van der Waals surface area contributed by atoms with Gasteiger partial charge in [-0.25, -0.2) is 9.78 Å². The first-order valence-corrected chi connectivity index (χ1v) is 5.01. The van der Waals surface area contributed by atoms with Crippen LogP contribution in [0.25, 0.3) is 0 Å². The van der Waals surface area contributed by atoms with Gasteiger partial charge in [-0.3, -0.25) is 0 Å². The van der Waals surface area contributed by atoms with Crippen LogP contribution in [0.1, 0.15) is 41.0 Å². The van der Waals surface area contributed by atoms with Gasteiger partial charge in [0.2, 0.25) is 5.89 Å². The third-order valence-corrected chi connectivity index (χ3v) is 2.55. The number of aromatic nitrogens is 1. The molecule has 0 radical (unpaired) electrons. The second kappa shape index (κ2) is 5.32. The first kappa shape index (κ1) is 13.0. The Labute approximate surface area is 100.0 Å². The number of hydrogen-bond donors (Lipinski definition) is 1. The number of carbonyl (C=O) groups excluding carboxylic acids is 1. The Morgan fingerprint density at radius 1 is 1.62 bits per heavy atom. The van der Waals surface area contributed by atoms with E-state index in [0.29, 0.717) is 11.7 Å². The Hall–Kier alpha value is -1.07. The van der Waals surface area contributed by atoms with E-state index in [4.69, 9.17) is 4.42 Å². The molecule has 2 rings (SSSR count). The molecule has 1 aromatic rings. The molecule has 5 nitrogen and oxygen atoms in total. The van der Waals surface area contributed by atoms with Crippen LogP contribution in [-0.2, 0) is 4.74 Å². The van der Waals surface area contributed by atoms with E-state index < -0.39 is 5.97 Å². The number of methoxy groups -OCH3 is 1. The molecule has 16 heavy (non-hydrogen) atoms. The number of halogens is 1. The zero-order valence-corrected chi connectivity index (χ0v) is 10.1. The number of hydrogen-bond acceptors (Lipinski definition) is 5. The molecule has 1 aromatic heterocycles. The molecule has 1 aliphatic heterocycles. The van der Waals surface area contributed by atoms with Crippen molar-refractivity contribution in [1.82, 2.24) is 10.3 Å². The van der Waals surface area contributed by atoms with E-state index in [1.807, 2.05) is 0 Å². The average molecular weight is 247 g/mol. The third-order valence-electron chi connectivity index (χ3n) is 2.55. The van der Waals surface area contributed by atoms with Gasteiger partial charge in [-0.1, -0.05) is 0 Å². The third kappa shape index (κ3) is 2.36. The molecule has 6 heteroatoms. The van der Waals surface area contributed by atoms with Crippen LogP contribution in [0.5, 0.6) is 0 Å². The first-order valence-electron chi connectivity index (χ1n) is 5.01. The zero-order chi connectivity index (χ0) is 10.8. The number of aryl methyl sites for hydroxylation is 1. The molecule has 0 saturated carbocycles. The summed E-state index contributed by atoms with van der Waals surface area (Å²) in [6.45, 7) is 2.69. The molecule has 0 aromatic carbocycles. The Morgan fingerprint density at radius 3 is 2.94 bits per heavy atom. The van der Waals surface area contributed by atoms with Gasteiger partial charge in [-0.2, -0.15) is 0 Å². The highest BCUT2D eigenvalue weighted by atomic mass is 35.5. The van der Waals surface area contributed by atoms with Crippen molar-refractivity contribution in [2.24, 2.45) is 0 Å². The fourth-order valence-corrected chi connectivity index (χ4v) is 1.75. The van der Waals surface area contributed by atoms with Crippen LogP contribution in [0.2, 0.25) is 0 Å². The number of rotatable bonds is 2. The lowest BCUT2D eigenvalue weighted by molar-refractivity contribution is 0.0593. The fraction of sp³-hybridized carbons (Fsp3) is 0.600. The molecule has 1 fully saturated rings. The summed E-state index contributed by atoms with van der Waals surface area (Å²) in [4.78, 5) is 15.5. The molecule has 1 atom stereocenters. The summed E-state index contributed by atoms with van der Waals surface area (Å²) in [5.74, 6) is 0.663. The lowest BCUT2D eigenvalue weighted by atomic mass is 10.2. The number of nitrogens with zero attached hydrogens (tertiary/aromatic N) is 1. The van der Waals surface area contributed by atoms with Crippen LogP contribution in [-0.4, -0.2) is 24.6 Å². The summed E-state index contributed by atoms with van der Waals surface area (Å²) in [6, 6.07) is 0.141. The highest BCUT2D eigenvalue weighted by Gasteiger charge is 2.25. The molecule has 0 spiro atoms. The molecule has 1 N–H and O–H groups in total. The van der Waals surface area contributed by atoms with Crippen molar-refractivity contribution in [3.8, 4) is 0 Å². The maximum atomic E-state index is 11.3. The van der Waals surface area contributed by atoms with Crippen LogP contribution in [0.3, 0.4) is 0 Å². The average Bonchev–Trinajstić information content (AvgIpc) is 2.84. The van der Waals surface area contributed by atoms with Gasteiger partial charge in [0.25, 0.3) is 0 Å². The number of ether oxygens (including phenoxy) is 1. The molecule has 1 aliphatic rings. The highest BCUT2D eigenvalue weighted by Crippen LogP contribution is 2.24. The number of carbonyl (C=O) groups is 1. The molecule has 0 bridgehead atoms. The van der Waals surface area contributed by atoms with E-state index in [2.05, 4.69) is 15.0 Å². The van der Waals surface area contributed by atoms with Gasteiger partial charge in [0.1, 0.15) is 5.76 Å². The number of nitrogens with one attached hydrogen (secondary N) is 1. The van der Waals surface area contributed by atoms with Gasteiger partial charge in [-0.05, 0) is 26.3 Å². The molecule has 0 amide bonds. The minimum Gasteiger partial charge on any atom is -0.464 e. The van der Waals surface area contributed by atoms with Crippen LogP contribution >= 0.6 is 12.4 Å². The van der Waals surface area contributed by atoms with Gasteiger partial charge < -0.3 is 14.5 Å². The SMILES string of the molecule is COC(=O)c1nc([C@@H]2CCCN2)oc1C.Cl. The van der Waals surface area contributed by atoms with Gasteiger partial charge in [0.05, 0.1) is 13.2 Å². The van der Waals surface area contributed by atoms with E-state index in [9.17, 15) is 4.79 Å². The van der Waals surface area contributed by atoms with Crippen LogP contribution in [0.15, 0.2) is 4.42 Å². The van der Waals surface area contributed by atoms with Gasteiger partial charge >= 0.3 is 5.97 Å². The molecule has 0 aliphatic carbocycles. The minimum atomic E-state index is -0.444. The van der Waals surface area contributed by atoms with Crippen molar-refractivity contribution in [1.29, 1.82) is 0 Å². The second-order valence-electron chi connectivity index (χ2n) is 3.60. The first-order chi connectivity index (χ1) is 7.22. The van der Waals surface area contributed by atoms with Gasteiger partial charge in [-0.15, -0.1) is 12.4 Å². The van der Waals surface area contributed by atoms with Crippen molar-refractivity contribution in [2.45, 2.75) is 25.8 Å². The molecule has 90 valence electrons. The van der Waals surface area contributed by atoms with Crippen molar-refractivity contribution >= 4 is 18.4 Å². The van der Waals surface area contributed by atoms with Crippen molar-refractivity contribution in [3.05, 3.63) is 17.3 Å². The Bertz CT molecular complexity index is 372. The predicted molar refractivity (Wildman–Crippen MR) is 59.8 cm³/mol. The monoisotopic (exact) mass is 246 g/mol. The maximum absolute atomic E-state index is 11.3. The largest absolute Gasteiger partial charge is 0.464 e. The lowest BCUT2D eigenvalue weighted by Gasteiger charge is -2.02. The normalized spacial score (nSPS) is 19.2. The van der Waals surface area contributed by atoms with E-state index in [-0.39, 0.29) is 24.1 Å². The van der Waals surface area contributed by atoms with Crippen molar-refractivity contribution in [3.63, 3.8) is 0 Å². The maximum Gasteiger partial charge on any atom is 0.360 e. The summed E-state index contributed by atoms with van der Waals surface area (Å²) in [5, 5.41) is 3.26. The predicted octanol–water partition coefficient (Wildman–Crippen LogP) is 1.62. The van der Waals surface area contributed by atoms with E-state index in [1.54, 1.807) is 6.92 Å². The fourth-order valence-electron chi connectivity index (χ4n) is 1.75. The standard InChI is InChI=1S/C10H14N2O3.ClH/c1-6-8(10(13)14-2)12-9(15-6)7-4-3-5-11-7;/h7,11H,3-5H2,1-2H3;1H/t7-;/m0./s1. The smallest absolute Gasteiger partial charge is 0.360 e. The summed E-state index contributed by atoms with van der Waals surface area (Å²) in [7, 11) is 1.34. The van der Waals surface area contributed by atoms with Crippen LogP contribution in [0.4, 0.5) is 0 Å². The molecule has 0 unspecified atom stereocenters. The topological polar surface area (TPSA) is 64.4 Å². The lowest BCUT2D eigenvalue weighted by Crippen LogP contribution is -2.13. The molecular weight excluding hydrogens is 232 g/mol. The van der Waals surface area contributed by atoms with E-state index in [0.717, 1.165) is 19.4 Å². The summed E-state index contributed by atoms with van der Waals surface area (Å²) >= 11 is 0. The second-order valence-corrected chi connectivity index (χ2v) is 3.60. The Kier molecular flexibility index (Phi) is 4.32. The van der Waals surface area contributed by atoms with Crippen molar-refractivity contribution < 1.29 is 13.9 Å². The highest BCUT2D eigenvalue weighted by molar-refractivity contribution is 5.88.